The zero-order valence-corrected chi connectivity index (χ0v) is 17.5. The van der Waals surface area contributed by atoms with Crippen LogP contribution < -0.4 is 9.62 Å². The molecule has 0 aliphatic rings. The number of anilines is 2. The van der Waals surface area contributed by atoms with Gasteiger partial charge in [0.25, 0.3) is 0 Å². The van der Waals surface area contributed by atoms with Gasteiger partial charge in [0.05, 0.1) is 27.0 Å². The molecule has 10 heteroatoms. The predicted octanol–water partition coefficient (Wildman–Crippen LogP) is 5.01. The highest BCUT2D eigenvalue weighted by Gasteiger charge is 2.24. The third-order valence-corrected chi connectivity index (χ3v) is 5.79. The number of nitrogens with zero attached hydrogens (tertiary/aromatic N) is 1. The molecule has 1 N–H and O–H groups in total. The zero-order chi connectivity index (χ0) is 19.6. The van der Waals surface area contributed by atoms with Gasteiger partial charge in [0.15, 0.2) is 0 Å². The molecule has 0 spiro atoms. The summed E-state index contributed by atoms with van der Waals surface area (Å²) in [5.41, 5.74) is 1.32. The maximum Gasteiger partial charge on any atom is 0.245 e. The van der Waals surface area contributed by atoms with Gasteiger partial charge >= 0.3 is 0 Å². The summed E-state index contributed by atoms with van der Waals surface area (Å²) in [7, 11) is -3.81. The molecular formula is C16H14Cl4N2O3S. The van der Waals surface area contributed by atoms with Gasteiger partial charge in [-0.05, 0) is 42.8 Å². The van der Waals surface area contributed by atoms with E-state index in [1.165, 1.54) is 12.1 Å². The molecule has 0 saturated heterocycles. The molecule has 140 valence electrons. The van der Waals surface area contributed by atoms with E-state index < -0.39 is 22.5 Å². The Morgan fingerprint density at radius 1 is 1.04 bits per heavy atom. The Hall–Kier alpha value is -1.18. The van der Waals surface area contributed by atoms with Crippen LogP contribution in [0, 0.1) is 6.92 Å². The Balaban J connectivity index is 2.32. The molecule has 0 heterocycles. The third kappa shape index (κ3) is 5.18. The van der Waals surface area contributed by atoms with Crippen LogP contribution >= 0.6 is 46.4 Å². The number of halogens is 4. The average molecular weight is 456 g/mol. The molecule has 1 amide bonds. The van der Waals surface area contributed by atoms with Crippen molar-refractivity contribution in [3.63, 3.8) is 0 Å². The summed E-state index contributed by atoms with van der Waals surface area (Å²) in [6.07, 6.45) is 0.965. The van der Waals surface area contributed by atoms with Gasteiger partial charge < -0.3 is 5.32 Å². The van der Waals surface area contributed by atoms with Crippen LogP contribution in [-0.2, 0) is 14.8 Å². The second-order valence-electron chi connectivity index (χ2n) is 5.49. The molecule has 0 bridgehead atoms. The first-order valence-corrected chi connectivity index (χ1v) is 10.5. The maximum atomic E-state index is 12.4. The first kappa shape index (κ1) is 21.1. The van der Waals surface area contributed by atoms with Gasteiger partial charge in [-0.2, -0.15) is 0 Å². The first-order chi connectivity index (χ1) is 12.0. The highest BCUT2D eigenvalue weighted by atomic mass is 35.5. The molecule has 0 atom stereocenters. The van der Waals surface area contributed by atoms with Crippen LogP contribution in [0.2, 0.25) is 20.1 Å². The predicted molar refractivity (Wildman–Crippen MR) is 108 cm³/mol. The van der Waals surface area contributed by atoms with E-state index >= 15 is 0 Å². The number of rotatable bonds is 5. The molecule has 26 heavy (non-hydrogen) atoms. The fourth-order valence-electron chi connectivity index (χ4n) is 2.17. The van der Waals surface area contributed by atoms with Crippen molar-refractivity contribution in [3.8, 4) is 0 Å². The summed E-state index contributed by atoms with van der Waals surface area (Å²) in [5, 5.41) is 3.53. The van der Waals surface area contributed by atoms with Crippen LogP contribution in [0.5, 0.6) is 0 Å². The SMILES string of the molecule is Cc1cc(Cl)ccc1NC(=O)CN(c1cc(Cl)c(Cl)cc1Cl)S(C)(=O)=O. The lowest BCUT2D eigenvalue weighted by molar-refractivity contribution is -0.114. The number of hydrogen-bond donors (Lipinski definition) is 1. The summed E-state index contributed by atoms with van der Waals surface area (Å²) in [6, 6.07) is 7.55. The molecule has 0 radical (unpaired) electrons. The van der Waals surface area contributed by atoms with Gasteiger partial charge in [-0.1, -0.05) is 46.4 Å². The fourth-order valence-corrected chi connectivity index (χ4v) is 3.95. The quantitative estimate of drug-likeness (QED) is 0.644. The Kier molecular flexibility index (Phi) is 6.69. The summed E-state index contributed by atoms with van der Waals surface area (Å²) < 4.78 is 25.2. The molecule has 2 aromatic rings. The Morgan fingerprint density at radius 3 is 2.23 bits per heavy atom. The topological polar surface area (TPSA) is 66.5 Å². The van der Waals surface area contributed by atoms with E-state index in [4.69, 9.17) is 46.4 Å². The van der Waals surface area contributed by atoms with Gasteiger partial charge in [-0.25, -0.2) is 8.42 Å². The Labute approximate surface area is 171 Å². The summed E-state index contributed by atoms with van der Waals surface area (Å²) in [4.78, 5) is 12.4. The van der Waals surface area contributed by atoms with Crippen molar-refractivity contribution >= 4 is 73.7 Å². The van der Waals surface area contributed by atoms with Crippen LogP contribution in [0.3, 0.4) is 0 Å². The fraction of sp³-hybridized carbons (Fsp3) is 0.188. The number of carbonyl (C=O) groups is 1. The largest absolute Gasteiger partial charge is 0.324 e. The number of carbonyl (C=O) groups excluding carboxylic acids is 1. The van der Waals surface area contributed by atoms with Crippen LogP contribution in [0.25, 0.3) is 0 Å². The Bertz CT molecular complexity index is 964. The number of hydrogen-bond acceptors (Lipinski definition) is 3. The molecule has 0 aliphatic heterocycles. The Morgan fingerprint density at radius 2 is 1.65 bits per heavy atom. The third-order valence-electron chi connectivity index (χ3n) is 3.41. The number of nitrogens with one attached hydrogen (secondary N) is 1. The molecule has 0 saturated carbocycles. The molecular weight excluding hydrogens is 442 g/mol. The molecule has 0 aliphatic carbocycles. The lowest BCUT2D eigenvalue weighted by atomic mass is 10.2. The minimum absolute atomic E-state index is 0.0558. The summed E-state index contributed by atoms with van der Waals surface area (Å²) >= 11 is 23.8. The number of amides is 1. The van der Waals surface area contributed by atoms with Crippen molar-refractivity contribution in [3.05, 3.63) is 56.0 Å². The van der Waals surface area contributed by atoms with Gasteiger partial charge in [-0.3, -0.25) is 9.10 Å². The molecule has 2 rings (SSSR count). The van der Waals surface area contributed by atoms with E-state index in [1.54, 1.807) is 25.1 Å². The van der Waals surface area contributed by atoms with E-state index in [-0.39, 0.29) is 20.8 Å². The lowest BCUT2D eigenvalue weighted by Crippen LogP contribution is -2.37. The van der Waals surface area contributed by atoms with Crippen molar-refractivity contribution < 1.29 is 13.2 Å². The molecule has 5 nitrogen and oxygen atoms in total. The molecule has 2 aromatic carbocycles. The van der Waals surface area contributed by atoms with E-state index in [2.05, 4.69) is 5.32 Å². The van der Waals surface area contributed by atoms with E-state index in [1.807, 2.05) is 0 Å². The second kappa shape index (κ2) is 8.23. The van der Waals surface area contributed by atoms with Crippen LogP contribution in [-0.4, -0.2) is 27.1 Å². The highest BCUT2D eigenvalue weighted by molar-refractivity contribution is 7.92. The van der Waals surface area contributed by atoms with Crippen molar-refractivity contribution in [1.82, 2.24) is 0 Å². The van der Waals surface area contributed by atoms with Gasteiger partial charge in [-0.15, -0.1) is 0 Å². The number of benzene rings is 2. The minimum atomic E-state index is -3.81. The van der Waals surface area contributed by atoms with E-state index in [0.717, 1.165) is 16.1 Å². The standard InChI is InChI=1S/C16H14Cl4N2O3S/c1-9-5-10(17)3-4-14(9)21-16(23)8-22(26(2,24)25)15-7-12(19)11(18)6-13(15)20/h3-7H,8H2,1-2H3,(H,21,23). The minimum Gasteiger partial charge on any atom is -0.324 e. The highest BCUT2D eigenvalue weighted by Crippen LogP contribution is 2.35. The second-order valence-corrected chi connectivity index (χ2v) is 9.06. The smallest absolute Gasteiger partial charge is 0.245 e. The maximum absolute atomic E-state index is 12.4. The molecule has 0 unspecified atom stereocenters. The van der Waals surface area contributed by atoms with Crippen LogP contribution in [0.15, 0.2) is 30.3 Å². The number of sulfonamides is 1. The van der Waals surface area contributed by atoms with E-state index in [0.29, 0.717) is 10.7 Å². The van der Waals surface area contributed by atoms with Crippen LogP contribution in [0.1, 0.15) is 5.56 Å². The zero-order valence-electron chi connectivity index (χ0n) is 13.7. The summed E-state index contributed by atoms with van der Waals surface area (Å²) in [5.74, 6) is -0.553. The van der Waals surface area contributed by atoms with Gasteiger partial charge in [0.1, 0.15) is 6.54 Å². The van der Waals surface area contributed by atoms with Crippen molar-refractivity contribution in [2.24, 2.45) is 0 Å². The lowest BCUT2D eigenvalue weighted by Gasteiger charge is -2.23. The van der Waals surface area contributed by atoms with Gasteiger partial charge in [0, 0.05) is 10.7 Å². The monoisotopic (exact) mass is 454 g/mol. The van der Waals surface area contributed by atoms with E-state index in [9.17, 15) is 13.2 Å². The first-order valence-electron chi connectivity index (χ1n) is 7.17. The van der Waals surface area contributed by atoms with Crippen molar-refractivity contribution in [2.75, 3.05) is 22.4 Å². The van der Waals surface area contributed by atoms with Crippen molar-refractivity contribution in [2.45, 2.75) is 6.92 Å². The average Bonchev–Trinajstić information content (AvgIpc) is 2.50. The van der Waals surface area contributed by atoms with Crippen LogP contribution in [0.4, 0.5) is 11.4 Å². The normalized spacial score (nSPS) is 11.3. The summed E-state index contributed by atoms with van der Waals surface area (Å²) in [6.45, 7) is 1.28. The molecule has 0 aromatic heterocycles. The van der Waals surface area contributed by atoms with Gasteiger partial charge in [0.2, 0.25) is 15.9 Å². The molecule has 0 fully saturated rings. The number of aryl methyl sites for hydroxylation is 1. The van der Waals surface area contributed by atoms with Crippen molar-refractivity contribution in [1.29, 1.82) is 0 Å².